The second kappa shape index (κ2) is 6.23. The fourth-order valence-corrected chi connectivity index (χ4v) is 2.25. The molecular formula is C16H20N2O. The Balaban J connectivity index is 1.89. The van der Waals surface area contributed by atoms with Gasteiger partial charge in [-0.15, -0.1) is 6.58 Å². The molecule has 0 saturated heterocycles. The molecule has 0 radical (unpaired) electrons. The second-order valence-corrected chi connectivity index (χ2v) is 4.78. The Labute approximate surface area is 113 Å². The summed E-state index contributed by atoms with van der Waals surface area (Å²) >= 11 is 0. The maximum Gasteiger partial charge on any atom is 0.222 e. The minimum atomic E-state index is 0.180. The maximum absolute atomic E-state index is 11.8. The van der Waals surface area contributed by atoms with Crippen LogP contribution in [-0.4, -0.2) is 29.4 Å². The average molecular weight is 256 g/mol. The lowest BCUT2D eigenvalue weighted by atomic mass is 10.1. The van der Waals surface area contributed by atoms with E-state index in [2.05, 4.69) is 23.7 Å². The van der Waals surface area contributed by atoms with E-state index in [4.69, 9.17) is 0 Å². The van der Waals surface area contributed by atoms with Gasteiger partial charge in [0.05, 0.1) is 0 Å². The van der Waals surface area contributed by atoms with Gasteiger partial charge in [-0.1, -0.05) is 24.3 Å². The number of amides is 1. The Hall–Kier alpha value is -2.03. The predicted octanol–water partition coefficient (Wildman–Crippen LogP) is 3.14. The number of H-pyrrole nitrogens is 1. The number of carbonyl (C=O) groups excluding carboxylic acids is 1. The molecule has 0 spiro atoms. The van der Waals surface area contributed by atoms with Crippen LogP contribution in [0.3, 0.4) is 0 Å². The van der Waals surface area contributed by atoms with E-state index in [1.54, 1.807) is 11.0 Å². The summed E-state index contributed by atoms with van der Waals surface area (Å²) in [7, 11) is 1.82. The first-order chi connectivity index (χ1) is 9.22. The molecule has 1 heterocycles. The van der Waals surface area contributed by atoms with Gasteiger partial charge in [0.15, 0.2) is 0 Å². The molecular weight excluding hydrogens is 236 g/mol. The van der Waals surface area contributed by atoms with Crippen molar-refractivity contribution in [2.45, 2.75) is 19.3 Å². The number of likely N-dealkylation sites (N-methyl/N-ethyl adjacent to an activating group) is 1. The Kier molecular flexibility index (Phi) is 4.39. The minimum absolute atomic E-state index is 0.180. The smallest absolute Gasteiger partial charge is 0.222 e. The fourth-order valence-electron chi connectivity index (χ4n) is 2.25. The number of rotatable bonds is 6. The van der Waals surface area contributed by atoms with Crippen LogP contribution < -0.4 is 0 Å². The van der Waals surface area contributed by atoms with Gasteiger partial charge in [-0.2, -0.15) is 0 Å². The third-order valence-corrected chi connectivity index (χ3v) is 3.34. The van der Waals surface area contributed by atoms with E-state index in [-0.39, 0.29) is 5.91 Å². The number of aromatic amines is 1. The molecule has 0 atom stereocenters. The fraction of sp³-hybridized carbons (Fsp3) is 0.312. The summed E-state index contributed by atoms with van der Waals surface area (Å²) < 4.78 is 0. The van der Waals surface area contributed by atoms with E-state index in [0.29, 0.717) is 13.0 Å². The van der Waals surface area contributed by atoms with Crippen LogP contribution in [0.25, 0.3) is 10.9 Å². The first kappa shape index (κ1) is 13.4. The summed E-state index contributed by atoms with van der Waals surface area (Å²) in [6.45, 7) is 4.26. The lowest BCUT2D eigenvalue weighted by Gasteiger charge is -2.14. The summed E-state index contributed by atoms with van der Waals surface area (Å²) in [5.74, 6) is 0.180. The van der Waals surface area contributed by atoms with Crippen molar-refractivity contribution < 1.29 is 4.79 Å². The number of aromatic nitrogens is 1. The molecule has 0 bridgehead atoms. The SMILES string of the molecule is C=CCN(C)C(=O)CCCc1c[nH]c2ccccc12. The van der Waals surface area contributed by atoms with E-state index in [1.807, 2.05) is 25.4 Å². The van der Waals surface area contributed by atoms with E-state index >= 15 is 0 Å². The van der Waals surface area contributed by atoms with E-state index in [1.165, 1.54) is 10.9 Å². The molecule has 1 N–H and O–H groups in total. The van der Waals surface area contributed by atoms with E-state index in [0.717, 1.165) is 18.4 Å². The van der Waals surface area contributed by atoms with Crippen molar-refractivity contribution in [1.82, 2.24) is 9.88 Å². The molecule has 0 saturated carbocycles. The number of fused-ring (bicyclic) bond motifs is 1. The third kappa shape index (κ3) is 3.25. The molecule has 1 amide bonds. The first-order valence-corrected chi connectivity index (χ1v) is 6.62. The van der Waals surface area contributed by atoms with Crippen LogP contribution in [0.5, 0.6) is 0 Å². The van der Waals surface area contributed by atoms with Crippen LogP contribution in [0, 0.1) is 0 Å². The number of hydrogen-bond donors (Lipinski definition) is 1. The van der Waals surface area contributed by atoms with E-state index < -0.39 is 0 Å². The molecule has 0 fully saturated rings. The number of aryl methyl sites for hydroxylation is 1. The summed E-state index contributed by atoms with van der Waals surface area (Å²) in [6.07, 6.45) is 6.18. The van der Waals surface area contributed by atoms with Gasteiger partial charge in [-0.25, -0.2) is 0 Å². The van der Waals surface area contributed by atoms with Crippen molar-refractivity contribution in [3.05, 3.63) is 48.7 Å². The van der Waals surface area contributed by atoms with Crippen LogP contribution in [-0.2, 0) is 11.2 Å². The van der Waals surface area contributed by atoms with Crippen molar-refractivity contribution >= 4 is 16.8 Å². The maximum atomic E-state index is 11.8. The quantitative estimate of drug-likeness (QED) is 0.792. The van der Waals surface area contributed by atoms with Gasteiger partial charge in [0.2, 0.25) is 5.91 Å². The second-order valence-electron chi connectivity index (χ2n) is 4.78. The monoisotopic (exact) mass is 256 g/mol. The van der Waals surface area contributed by atoms with Crippen molar-refractivity contribution in [2.75, 3.05) is 13.6 Å². The number of nitrogens with zero attached hydrogens (tertiary/aromatic N) is 1. The molecule has 0 aliphatic carbocycles. The normalized spacial score (nSPS) is 10.6. The molecule has 0 unspecified atom stereocenters. The zero-order valence-electron chi connectivity index (χ0n) is 11.4. The Morgan fingerprint density at radius 3 is 3.00 bits per heavy atom. The van der Waals surface area contributed by atoms with Crippen molar-refractivity contribution in [1.29, 1.82) is 0 Å². The van der Waals surface area contributed by atoms with Crippen LogP contribution in [0.4, 0.5) is 0 Å². The van der Waals surface area contributed by atoms with Gasteiger partial charge in [-0.3, -0.25) is 4.79 Å². The van der Waals surface area contributed by atoms with Crippen LogP contribution in [0.2, 0.25) is 0 Å². The summed E-state index contributed by atoms with van der Waals surface area (Å²) in [5.41, 5.74) is 2.45. The van der Waals surface area contributed by atoms with Crippen LogP contribution in [0.15, 0.2) is 43.1 Å². The van der Waals surface area contributed by atoms with Crippen molar-refractivity contribution in [2.24, 2.45) is 0 Å². The third-order valence-electron chi connectivity index (χ3n) is 3.34. The average Bonchev–Trinajstić information content (AvgIpc) is 2.82. The molecule has 1 aromatic heterocycles. The standard InChI is InChI=1S/C16H20N2O/c1-3-11-18(2)16(19)10-6-7-13-12-17-15-9-5-4-8-14(13)15/h3-5,8-9,12,17H,1,6-7,10-11H2,2H3. The van der Waals surface area contributed by atoms with Gasteiger partial charge in [-0.05, 0) is 24.5 Å². The van der Waals surface area contributed by atoms with Crippen LogP contribution in [0.1, 0.15) is 18.4 Å². The van der Waals surface area contributed by atoms with Crippen molar-refractivity contribution in [3.8, 4) is 0 Å². The van der Waals surface area contributed by atoms with Gasteiger partial charge < -0.3 is 9.88 Å². The number of nitrogens with one attached hydrogen (secondary N) is 1. The highest BCUT2D eigenvalue weighted by Gasteiger charge is 2.08. The van der Waals surface area contributed by atoms with Gasteiger partial charge >= 0.3 is 0 Å². The zero-order chi connectivity index (χ0) is 13.7. The van der Waals surface area contributed by atoms with Crippen LogP contribution >= 0.6 is 0 Å². The summed E-state index contributed by atoms with van der Waals surface area (Å²) in [6, 6.07) is 8.26. The highest BCUT2D eigenvalue weighted by Crippen LogP contribution is 2.19. The molecule has 2 rings (SSSR count). The minimum Gasteiger partial charge on any atom is -0.361 e. The molecule has 1 aromatic carbocycles. The zero-order valence-corrected chi connectivity index (χ0v) is 11.4. The van der Waals surface area contributed by atoms with Gasteiger partial charge in [0, 0.05) is 37.1 Å². The van der Waals surface area contributed by atoms with Gasteiger partial charge in [0.1, 0.15) is 0 Å². The van der Waals surface area contributed by atoms with E-state index in [9.17, 15) is 4.79 Å². The number of para-hydroxylation sites is 1. The molecule has 0 aliphatic rings. The highest BCUT2D eigenvalue weighted by atomic mass is 16.2. The molecule has 100 valence electrons. The molecule has 3 nitrogen and oxygen atoms in total. The molecule has 2 aromatic rings. The highest BCUT2D eigenvalue weighted by molar-refractivity contribution is 5.83. The predicted molar refractivity (Wildman–Crippen MR) is 79.1 cm³/mol. The Morgan fingerprint density at radius 2 is 2.21 bits per heavy atom. The number of hydrogen-bond acceptors (Lipinski definition) is 1. The molecule has 19 heavy (non-hydrogen) atoms. The number of benzene rings is 1. The lowest BCUT2D eigenvalue weighted by Crippen LogP contribution is -2.26. The summed E-state index contributed by atoms with van der Waals surface area (Å²) in [5, 5.41) is 1.26. The molecule has 0 aliphatic heterocycles. The Morgan fingerprint density at radius 1 is 1.42 bits per heavy atom. The van der Waals surface area contributed by atoms with Gasteiger partial charge in [0.25, 0.3) is 0 Å². The Bertz CT molecular complexity index is 571. The number of carbonyl (C=O) groups is 1. The first-order valence-electron chi connectivity index (χ1n) is 6.62. The van der Waals surface area contributed by atoms with Crippen molar-refractivity contribution in [3.63, 3.8) is 0 Å². The lowest BCUT2D eigenvalue weighted by molar-refractivity contribution is -0.129. The topological polar surface area (TPSA) is 36.1 Å². The largest absolute Gasteiger partial charge is 0.361 e. The molecule has 3 heteroatoms. The summed E-state index contributed by atoms with van der Waals surface area (Å²) in [4.78, 5) is 16.8.